The molecule has 0 aromatic heterocycles. The van der Waals surface area contributed by atoms with Crippen LogP contribution < -0.4 is 5.32 Å². The van der Waals surface area contributed by atoms with Gasteiger partial charge in [0.25, 0.3) is 9.84 Å². The SMILES string of the molecule is CC(CNc1ccc(S(=O)(=O)C(F)(F)F)cc1)S(C)=O. The molecule has 0 bridgehead atoms. The van der Waals surface area contributed by atoms with Gasteiger partial charge in [0.15, 0.2) is 0 Å². The van der Waals surface area contributed by atoms with E-state index in [1.54, 1.807) is 13.2 Å². The smallest absolute Gasteiger partial charge is 0.384 e. The predicted molar refractivity (Wildman–Crippen MR) is 71.7 cm³/mol. The Kier molecular flexibility index (Phi) is 5.20. The van der Waals surface area contributed by atoms with Crippen LogP contribution in [0.3, 0.4) is 0 Å². The van der Waals surface area contributed by atoms with Gasteiger partial charge in [0, 0.05) is 34.5 Å². The first-order valence-electron chi connectivity index (χ1n) is 5.53. The van der Waals surface area contributed by atoms with E-state index < -0.39 is 31.0 Å². The Morgan fingerprint density at radius 2 is 1.75 bits per heavy atom. The number of rotatable bonds is 5. The van der Waals surface area contributed by atoms with Crippen molar-refractivity contribution in [3.8, 4) is 0 Å². The van der Waals surface area contributed by atoms with Gasteiger partial charge < -0.3 is 5.32 Å². The molecule has 1 N–H and O–H groups in total. The lowest BCUT2D eigenvalue weighted by Crippen LogP contribution is -2.23. The van der Waals surface area contributed by atoms with Crippen LogP contribution in [0.5, 0.6) is 0 Å². The van der Waals surface area contributed by atoms with Gasteiger partial charge in [-0.1, -0.05) is 0 Å². The zero-order chi connectivity index (χ0) is 15.6. The molecule has 4 nitrogen and oxygen atoms in total. The molecular weight excluding hydrogens is 315 g/mol. The van der Waals surface area contributed by atoms with E-state index in [0.717, 1.165) is 12.1 Å². The highest BCUT2D eigenvalue weighted by Crippen LogP contribution is 2.30. The van der Waals surface area contributed by atoms with Gasteiger partial charge in [-0.25, -0.2) is 8.42 Å². The van der Waals surface area contributed by atoms with Crippen LogP contribution in [0.4, 0.5) is 18.9 Å². The van der Waals surface area contributed by atoms with E-state index in [9.17, 15) is 25.8 Å². The van der Waals surface area contributed by atoms with E-state index in [1.165, 1.54) is 12.1 Å². The Bertz CT molecular complexity index is 582. The maximum Gasteiger partial charge on any atom is 0.501 e. The maximum atomic E-state index is 12.3. The quantitative estimate of drug-likeness (QED) is 0.899. The van der Waals surface area contributed by atoms with Crippen LogP contribution in [0, 0.1) is 0 Å². The molecule has 0 saturated heterocycles. The largest absolute Gasteiger partial charge is 0.501 e. The minimum absolute atomic E-state index is 0.131. The van der Waals surface area contributed by atoms with Gasteiger partial charge in [0.2, 0.25) is 0 Å². The molecule has 20 heavy (non-hydrogen) atoms. The van der Waals surface area contributed by atoms with Crippen LogP contribution in [0.2, 0.25) is 0 Å². The number of hydrogen-bond acceptors (Lipinski definition) is 4. The molecule has 0 spiro atoms. The van der Waals surface area contributed by atoms with E-state index >= 15 is 0 Å². The summed E-state index contributed by atoms with van der Waals surface area (Å²) in [6.07, 6.45) is 1.55. The molecule has 0 saturated carbocycles. The van der Waals surface area contributed by atoms with Crippen molar-refractivity contribution in [3.05, 3.63) is 24.3 Å². The Morgan fingerprint density at radius 1 is 1.25 bits per heavy atom. The fourth-order valence-electron chi connectivity index (χ4n) is 1.26. The molecule has 9 heteroatoms. The second kappa shape index (κ2) is 6.13. The Morgan fingerprint density at radius 3 is 2.15 bits per heavy atom. The van der Waals surface area contributed by atoms with Gasteiger partial charge in [-0.15, -0.1) is 0 Å². The molecule has 0 aliphatic carbocycles. The number of nitrogens with one attached hydrogen (secondary N) is 1. The van der Waals surface area contributed by atoms with Crippen LogP contribution in [0.15, 0.2) is 29.2 Å². The molecular formula is C11H14F3NO3S2. The number of hydrogen-bond donors (Lipinski definition) is 1. The third-order valence-electron chi connectivity index (χ3n) is 2.63. The molecule has 0 aliphatic rings. The summed E-state index contributed by atoms with van der Waals surface area (Å²) >= 11 is 0. The summed E-state index contributed by atoms with van der Waals surface area (Å²) in [5, 5.41) is 2.74. The van der Waals surface area contributed by atoms with E-state index in [4.69, 9.17) is 0 Å². The first-order valence-corrected chi connectivity index (χ1v) is 8.63. The normalized spacial score (nSPS) is 15.7. The highest BCUT2D eigenvalue weighted by Gasteiger charge is 2.46. The predicted octanol–water partition coefficient (Wildman–Crippen LogP) is 2.16. The van der Waals surface area contributed by atoms with Crippen molar-refractivity contribution < 1.29 is 25.8 Å². The van der Waals surface area contributed by atoms with Crippen molar-refractivity contribution in [1.29, 1.82) is 0 Å². The van der Waals surface area contributed by atoms with Gasteiger partial charge in [-0.2, -0.15) is 13.2 Å². The minimum atomic E-state index is -5.31. The van der Waals surface area contributed by atoms with Crippen molar-refractivity contribution >= 4 is 26.3 Å². The molecule has 0 fully saturated rings. The fraction of sp³-hybridized carbons (Fsp3) is 0.455. The first-order chi connectivity index (χ1) is 9.05. The molecule has 0 aliphatic heterocycles. The molecule has 0 amide bonds. The Labute approximate surface area is 117 Å². The molecule has 0 radical (unpaired) electrons. The number of anilines is 1. The van der Waals surface area contributed by atoms with E-state index in [-0.39, 0.29) is 5.25 Å². The lowest BCUT2D eigenvalue weighted by molar-refractivity contribution is -0.0436. The Hall–Kier alpha value is -1.09. The van der Waals surface area contributed by atoms with Gasteiger partial charge in [0.05, 0.1) is 4.90 Å². The first kappa shape index (κ1) is 17.0. The summed E-state index contributed by atoms with van der Waals surface area (Å²) in [7, 11) is -6.34. The lowest BCUT2D eigenvalue weighted by Gasteiger charge is -2.12. The lowest BCUT2D eigenvalue weighted by atomic mass is 10.3. The van der Waals surface area contributed by atoms with Crippen molar-refractivity contribution in [3.63, 3.8) is 0 Å². The number of alkyl halides is 3. The summed E-state index contributed by atoms with van der Waals surface area (Å²) in [6.45, 7) is 2.13. The molecule has 1 aromatic rings. The average Bonchev–Trinajstić information content (AvgIpc) is 2.34. The maximum absolute atomic E-state index is 12.3. The van der Waals surface area contributed by atoms with Gasteiger partial charge >= 0.3 is 5.51 Å². The van der Waals surface area contributed by atoms with Gasteiger partial charge in [-0.3, -0.25) is 4.21 Å². The monoisotopic (exact) mass is 329 g/mol. The number of sulfone groups is 1. The molecule has 1 rings (SSSR count). The van der Waals surface area contributed by atoms with Crippen LogP contribution in [-0.4, -0.2) is 36.2 Å². The fourth-order valence-corrected chi connectivity index (χ4v) is 2.34. The Balaban J connectivity index is 2.83. The summed E-state index contributed by atoms with van der Waals surface area (Å²) in [5.41, 5.74) is -4.85. The zero-order valence-electron chi connectivity index (χ0n) is 10.8. The summed E-state index contributed by atoms with van der Waals surface area (Å²) in [6, 6.07) is 4.26. The van der Waals surface area contributed by atoms with Crippen LogP contribution >= 0.6 is 0 Å². The third-order valence-corrected chi connectivity index (χ3v) is 5.43. The van der Waals surface area contributed by atoms with E-state index in [2.05, 4.69) is 5.32 Å². The molecule has 1 aromatic carbocycles. The number of halogens is 3. The van der Waals surface area contributed by atoms with Crippen LogP contribution in [0.25, 0.3) is 0 Å². The van der Waals surface area contributed by atoms with Gasteiger partial charge in [0.1, 0.15) is 0 Å². The summed E-state index contributed by atoms with van der Waals surface area (Å²) < 4.78 is 70.4. The molecule has 2 atom stereocenters. The minimum Gasteiger partial charge on any atom is -0.384 e. The second-order valence-corrected chi connectivity index (χ2v) is 7.91. The number of benzene rings is 1. The topological polar surface area (TPSA) is 63.2 Å². The molecule has 114 valence electrons. The van der Waals surface area contributed by atoms with E-state index in [0.29, 0.717) is 12.2 Å². The average molecular weight is 329 g/mol. The summed E-state index contributed by atoms with van der Waals surface area (Å²) in [5.74, 6) is 0. The van der Waals surface area contributed by atoms with Crippen molar-refractivity contribution in [2.24, 2.45) is 0 Å². The van der Waals surface area contributed by atoms with Crippen molar-refractivity contribution in [1.82, 2.24) is 0 Å². The van der Waals surface area contributed by atoms with Crippen LogP contribution in [-0.2, 0) is 20.6 Å². The van der Waals surface area contributed by atoms with Crippen molar-refractivity contribution in [2.45, 2.75) is 22.6 Å². The van der Waals surface area contributed by atoms with Gasteiger partial charge in [-0.05, 0) is 31.2 Å². The highest BCUT2D eigenvalue weighted by molar-refractivity contribution is 7.92. The zero-order valence-corrected chi connectivity index (χ0v) is 12.4. The second-order valence-electron chi connectivity index (χ2n) is 4.16. The van der Waals surface area contributed by atoms with Crippen molar-refractivity contribution in [2.75, 3.05) is 18.1 Å². The third kappa shape index (κ3) is 3.95. The highest BCUT2D eigenvalue weighted by atomic mass is 32.2. The summed E-state index contributed by atoms with van der Waals surface area (Å²) in [4.78, 5) is -0.803. The van der Waals surface area contributed by atoms with E-state index in [1.807, 2.05) is 0 Å². The molecule has 2 unspecified atom stereocenters. The van der Waals surface area contributed by atoms with Crippen LogP contribution in [0.1, 0.15) is 6.92 Å². The molecule has 0 heterocycles. The standard InChI is InChI=1S/C11H14F3NO3S2/c1-8(19(2)16)7-15-9-3-5-10(6-4-9)20(17,18)11(12,13)14/h3-6,8,15H,7H2,1-2H3.